The average Bonchev–Trinajstić information content (AvgIpc) is 2.88. The van der Waals surface area contributed by atoms with E-state index in [4.69, 9.17) is 28.3 Å². The van der Waals surface area contributed by atoms with Crippen LogP contribution in [0.5, 0.6) is 0 Å². The number of halogens is 2. The molecule has 0 fully saturated rings. The predicted molar refractivity (Wildman–Crippen MR) is 145 cm³/mol. The molecule has 3 aromatic carbocycles. The maximum absolute atomic E-state index is 12.3. The number of nitrogens with one attached hydrogen (secondary N) is 1. The summed E-state index contributed by atoms with van der Waals surface area (Å²) in [6, 6.07) is 25.0. The van der Waals surface area contributed by atoms with E-state index in [2.05, 4.69) is 10.3 Å². The third-order valence-corrected chi connectivity index (χ3v) is 6.34. The molecule has 0 atom stereocenters. The second-order valence-electron chi connectivity index (χ2n) is 8.31. The first-order valence-electron chi connectivity index (χ1n) is 11.5. The number of aliphatic carboxylic acids is 1. The predicted octanol–water partition coefficient (Wildman–Crippen LogP) is 7.77. The minimum absolute atomic E-state index is 0.0363. The number of hydrogen-bond acceptors (Lipinski definition) is 4. The zero-order valence-electron chi connectivity index (χ0n) is 19.4. The van der Waals surface area contributed by atoms with Gasteiger partial charge in [-0.05, 0) is 59.5 Å². The second kappa shape index (κ2) is 11.8. The molecule has 2 N–H and O–H groups in total. The topological polar surface area (TPSA) is 79.3 Å². The number of rotatable bonds is 10. The van der Waals surface area contributed by atoms with E-state index in [0.717, 1.165) is 33.5 Å². The molecule has 0 aliphatic heterocycles. The van der Waals surface area contributed by atoms with Crippen molar-refractivity contribution in [2.24, 2.45) is 0 Å². The van der Waals surface area contributed by atoms with Crippen molar-refractivity contribution in [3.63, 3.8) is 0 Å². The molecule has 0 aliphatic rings. The van der Waals surface area contributed by atoms with Crippen LogP contribution < -0.4 is 5.32 Å². The van der Waals surface area contributed by atoms with Crippen molar-refractivity contribution < 1.29 is 14.7 Å². The molecule has 0 unspecified atom stereocenters. The number of anilines is 1. The lowest BCUT2D eigenvalue weighted by Crippen LogP contribution is -2.04. The van der Waals surface area contributed by atoms with Gasteiger partial charge in [-0.3, -0.25) is 14.6 Å². The molecule has 7 heteroatoms. The highest BCUT2D eigenvalue weighted by molar-refractivity contribution is 6.33. The normalized spacial score (nSPS) is 10.7. The number of benzene rings is 3. The first-order valence-corrected chi connectivity index (χ1v) is 12.2. The number of carbonyl (C=O) groups excluding carboxylic acids is 1. The van der Waals surface area contributed by atoms with Gasteiger partial charge >= 0.3 is 5.97 Å². The molecule has 1 aromatic heterocycles. The molecule has 4 aromatic rings. The van der Waals surface area contributed by atoms with Gasteiger partial charge in [0.25, 0.3) is 0 Å². The summed E-state index contributed by atoms with van der Waals surface area (Å²) in [6.45, 7) is 0.563. The monoisotopic (exact) mass is 518 g/mol. The lowest BCUT2D eigenvalue weighted by Gasteiger charge is -2.13. The van der Waals surface area contributed by atoms with Gasteiger partial charge in [-0.25, -0.2) is 0 Å². The molecule has 0 spiro atoms. The van der Waals surface area contributed by atoms with Gasteiger partial charge in [-0.1, -0.05) is 65.7 Å². The van der Waals surface area contributed by atoms with E-state index < -0.39 is 5.97 Å². The van der Waals surface area contributed by atoms with Crippen molar-refractivity contribution in [1.82, 2.24) is 4.98 Å². The summed E-state index contributed by atoms with van der Waals surface area (Å²) in [7, 11) is 0. The quantitative estimate of drug-likeness (QED) is 0.209. The molecule has 0 saturated carbocycles. The molecular formula is C29H24Cl2N2O3. The molecule has 0 amide bonds. The molecular weight excluding hydrogens is 495 g/mol. The van der Waals surface area contributed by atoms with E-state index in [0.29, 0.717) is 28.7 Å². The minimum Gasteiger partial charge on any atom is -0.481 e. The van der Waals surface area contributed by atoms with Crippen molar-refractivity contribution in [3.05, 3.63) is 106 Å². The molecule has 0 aliphatic carbocycles. The Hall–Kier alpha value is -3.67. The van der Waals surface area contributed by atoms with Crippen LogP contribution in [0.25, 0.3) is 22.3 Å². The Kier molecular flexibility index (Phi) is 8.36. The molecule has 5 nitrogen and oxygen atoms in total. The SMILES string of the molecule is O=C(O)CCCC(=O)c1ccc(-c2cc(Cl)ccc2CNc2ccc(-c3ccccc3Cl)cc2)cn1. The van der Waals surface area contributed by atoms with E-state index >= 15 is 0 Å². The fourth-order valence-electron chi connectivity index (χ4n) is 3.88. The number of ketones is 1. The summed E-state index contributed by atoms with van der Waals surface area (Å²) in [6.07, 6.45) is 2.06. The summed E-state index contributed by atoms with van der Waals surface area (Å²) in [5.74, 6) is -1.08. The second-order valence-corrected chi connectivity index (χ2v) is 9.16. The van der Waals surface area contributed by atoms with Crippen molar-refractivity contribution in [3.8, 4) is 22.3 Å². The Balaban J connectivity index is 1.46. The Morgan fingerprint density at radius 2 is 1.58 bits per heavy atom. The Morgan fingerprint density at radius 3 is 2.28 bits per heavy atom. The molecule has 0 saturated heterocycles. The van der Waals surface area contributed by atoms with E-state index in [1.54, 1.807) is 12.3 Å². The van der Waals surface area contributed by atoms with Crippen molar-refractivity contribution in [1.29, 1.82) is 0 Å². The zero-order chi connectivity index (χ0) is 25.5. The summed E-state index contributed by atoms with van der Waals surface area (Å²) in [4.78, 5) is 27.3. The first kappa shape index (κ1) is 25.4. The fourth-order valence-corrected chi connectivity index (χ4v) is 4.30. The number of carbonyl (C=O) groups is 2. The summed E-state index contributed by atoms with van der Waals surface area (Å²) < 4.78 is 0. The maximum atomic E-state index is 12.3. The number of nitrogens with zero attached hydrogens (tertiary/aromatic N) is 1. The molecule has 36 heavy (non-hydrogen) atoms. The highest BCUT2D eigenvalue weighted by Crippen LogP contribution is 2.30. The highest BCUT2D eigenvalue weighted by atomic mass is 35.5. The number of pyridine rings is 1. The number of aromatic nitrogens is 1. The number of carboxylic acid groups (broad SMARTS) is 1. The largest absolute Gasteiger partial charge is 0.481 e. The first-order chi connectivity index (χ1) is 17.4. The Labute approximate surface area is 219 Å². The van der Waals surface area contributed by atoms with Crippen LogP contribution in [0.1, 0.15) is 35.3 Å². The van der Waals surface area contributed by atoms with Gasteiger partial charge in [0.2, 0.25) is 0 Å². The molecule has 1 heterocycles. The smallest absolute Gasteiger partial charge is 0.303 e. The summed E-state index contributed by atoms with van der Waals surface area (Å²) in [5.41, 5.74) is 6.10. The van der Waals surface area contributed by atoms with E-state index in [1.807, 2.05) is 72.8 Å². The van der Waals surface area contributed by atoms with Gasteiger partial charge < -0.3 is 10.4 Å². The van der Waals surface area contributed by atoms with Gasteiger partial charge in [0, 0.05) is 52.4 Å². The molecule has 0 radical (unpaired) electrons. The highest BCUT2D eigenvalue weighted by Gasteiger charge is 2.12. The van der Waals surface area contributed by atoms with Gasteiger partial charge in [-0.2, -0.15) is 0 Å². The molecule has 182 valence electrons. The fraction of sp³-hybridized carbons (Fsp3) is 0.138. The Bertz CT molecular complexity index is 1370. The van der Waals surface area contributed by atoms with E-state index in [9.17, 15) is 9.59 Å². The van der Waals surface area contributed by atoms with Crippen molar-refractivity contribution in [2.45, 2.75) is 25.8 Å². The van der Waals surface area contributed by atoms with Gasteiger partial charge in [0.15, 0.2) is 5.78 Å². The van der Waals surface area contributed by atoms with E-state index in [1.165, 1.54) is 0 Å². The number of Topliss-reactive ketones (excluding diaryl/α,β-unsaturated/α-hetero) is 1. The van der Waals surface area contributed by atoms with Crippen LogP contribution in [0, 0.1) is 0 Å². The lowest BCUT2D eigenvalue weighted by atomic mass is 10.00. The van der Waals surface area contributed by atoms with Crippen LogP contribution in [0.4, 0.5) is 5.69 Å². The molecule has 0 bridgehead atoms. The number of hydrogen-bond donors (Lipinski definition) is 2. The zero-order valence-corrected chi connectivity index (χ0v) is 20.9. The van der Waals surface area contributed by atoms with Crippen LogP contribution in [-0.4, -0.2) is 21.8 Å². The average molecular weight is 519 g/mol. The summed E-state index contributed by atoms with van der Waals surface area (Å²) >= 11 is 12.6. The van der Waals surface area contributed by atoms with E-state index in [-0.39, 0.29) is 18.6 Å². The maximum Gasteiger partial charge on any atom is 0.303 e. The van der Waals surface area contributed by atoms with Crippen molar-refractivity contribution >= 4 is 40.6 Å². The Morgan fingerprint density at radius 1 is 0.833 bits per heavy atom. The van der Waals surface area contributed by atoms with Crippen LogP contribution >= 0.6 is 23.2 Å². The minimum atomic E-state index is -0.912. The third-order valence-electron chi connectivity index (χ3n) is 5.78. The standard InChI is InChI=1S/C29H24Cl2N2O3/c30-22-12-8-20(17-32-23-13-9-19(10-14-23)24-4-1-2-5-26(24)31)25(16-22)21-11-15-27(33-18-21)28(34)6-3-7-29(35)36/h1-2,4-5,8-16,18,32H,3,6-7,17H2,(H,35,36). The lowest BCUT2D eigenvalue weighted by molar-refractivity contribution is -0.137. The van der Waals surface area contributed by atoms with Crippen LogP contribution in [-0.2, 0) is 11.3 Å². The van der Waals surface area contributed by atoms with Crippen LogP contribution in [0.15, 0.2) is 85.1 Å². The van der Waals surface area contributed by atoms with Gasteiger partial charge in [-0.15, -0.1) is 0 Å². The summed E-state index contributed by atoms with van der Waals surface area (Å²) in [5, 5.41) is 13.5. The van der Waals surface area contributed by atoms with Crippen LogP contribution in [0.2, 0.25) is 10.0 Å². The third kappa shape index (κ3) is 6.51. The van der Waals surface area contributed by atoms with Crippen LogP contribution in [0.3, 0.4) is 0 Å². The molecule has 4 rings (SSSR count). The van der Waals surface area contributed by atoms with Gasteiger partial charge in [0.05, 0.1) is 0 Å². The van der Waals surface area contributed by atoms with Crippen molar-refractivity contribution in [2.75, 3.05) is 5.32 Å². The number of carboxylic acids is 1. The van der Waals surface area contributed by atoms with Gasteiger partial charge in [0.1, 0.15) is 5.69 Å².